The van der Waals surface area contributed by atoms with Crippen LogP contribution in [-0.2, 0) is 5.41 Å². The van der Waals surface area contributed by atoms with E-state index in [4.69, 9.17) is 4.42 Å². The maximum absolute atomic E-state index is 6.93. The molecule has 0 fully saturated rings. The van der Waals surface area contributed by atoms with Gasteiger partial charge in [-0.05, 0) is 99.1 Å². The van der Waals surface area contributed by atoms with E-state index >= 15 is 0 Å². The topological polar surface area (TPSA) is 19.6 Å². The van der Waals surface area contributed by atoms with Gasteiger partial charge in [0.15, 0.2) is 5.58 Å². The summed E-state index contributed by atoms with van der Waals surface area (Å²) in [6.07, 6.45) is 0. The van der Waals surface area contributed by atoms with Crippen molar-refractivity contribution in [1.82, 2.24) is 0 Å². The number of anilines is 6. The lowest BCUT2D eigenvalue weighted by Gasteiger charge is -2.45. The van der Waals surface area contributed by atoms with Crippen LogP contribution in [-0.4, -0.2) is 0 Å². The molecule has 2 aliphatic rings. The third-order valence-electron chi connectivity index (χ3n) is 13.5. The largest absolute Gasteiger partial charge is 0.454 e. The van der Waals surface area contributed by atoms with Crippen LogP contribution in [0.5, 0.6) is 0 Å². The van der Waals surface area contributed by atoms with E-state index in [9.17, 15) is 0 Å². The number of benzene rings is 10. The molecule has 11 aromatic rings. The monoisotopic (exact) mass is 816 g/mol. The molecule has 1 aliphatic carbocycles. The Balaban J connectivity index is 1.12. The second-order valence-electron chi connectivity index (χ2n) is 16.8. The first kappa shape index (κ1) is 36.3. The van der Waals surface area contributed by atoms with Crippen molar-refractivity contribution >= 4 is 56.1 Å². The van der Waals surface area contributed by atoms with E-state index in [1.165, 1.54) is 55.9 Å². The molecule has 64 heavy (non-hydrogen) atoms. The van der Waals surface area contributed by atoms with Crippen LogP contribution in [0.4, 0.5) is 34.1 Å². The molecule has 0 saturated heterocycles. The molecule has 3 heteroatoms. The predicted molar refractivity (Wildman–Crippen MR) is 265 cm³/mol. The Morgan fingerprint density at radius 1 is 0.359 bits per heavy atom. The molecule has 1 aliphatic heterocycles. The number of furan rings is 1. The van der Waals surface area contributed by atoms with E-state index in [1.807, 2.05) is 0 Å². The van der Waals surface area contributed by atoms with Gasteiger partial charge in [-0.25, -0.2) is 0 Å². The van der Waals surface area contributed by atoms with Crippen molar-refractivity contribution in [3.05, 3.63) is 265 Å². The first-order valence-corrected chi connectivity index (χ1v) is 22.0. The lowest BCUT2D eigenvalue weighted by Crippen LogP contribution is -2.36. The van der Waals surface area contributed by atoms with Crippen molar-refractivity contribution in [1.29, 1.82) is 0 Å². The molecule has 10 aromatic carbocycles. The number of para-hydroxylation sites is 6. The maximum atomic E-state index is 6.93. The van der Waals surface area contributed by atoms with Crippen molar-refractivity contribution in [2.24, 2.45) is 0 Å². The van der Waals surface area contributed by atoms with E-state index in [1.54, 1.807) is 0 Å². The van der Waals surface area contributed by atoms with E-state index in [0.717, 1.165) is 55.8 Å². The van der Waals surface area contributed by atoms with E-state index in [-0.39, 0.29) is 0 Å². The minimum absolute atomic E-state index is 0.610. The molecule has 0 atom stereocenters. The summed E-state index contributed by atoms with van der Waals surface area (Å²) in [5, 5.41) is 2.19. The molecule has 0 unspecified atom stereocenters. The molecule has 0 bridgehead atoms. The third-order valence-corrected chi connectivity index (χ3v) is 13.5. The summed E-state index contributed by atoms with van der Waals surface area (Å²) in [5.74, 6) is 0. The average molecular weight is 817 g/mol. The second-order valence-corrected chi connectivity index (χ2v) is 16.8. The highest BCUT2D eigenvalue weighted by Gasteiger charge is 2.52. The standard InChI is InChI=1S/C61H40N2O/c1-3-20-41(21-4-1)42-22-17-23-43(40-42)45-26-8-13-34-53(45)63(57-38-18-29-47-46-27-9-16-39-58(46)64-60(47)57)56-37-19-33-52-59(56)48-28-7-10-30-49(48)61(52)50-31-11-14-35-54(50)62(44-24-5-2-6-25-44)55-36-15-12-32-51(55)61/h1-40H. The average Bonchev–Trinajstić information content (AvgIpc) is 3.90. The Kier molecular flexibility index (Phi) is 8.13. The molecule has 0 radical (unpaired) electrons. The molecule has 0 N–H and O–H groups in total. The van der Waals surface area contributed by atoms with Crippen LogP contribution in [0.15, 0.2) is 247 Å². The lowest BCUT2D eigenvalue weighted by molar-refractivity contribution is 0.669. The quantitative estimate of drug-likeness (QED) is 0.167. The summed E-state index contributed by atoms with van der Waals surface area (Å²) >= 11 is 0. The van der Waals surface area contributed by atoms with Crippen molar-refractivity contribution in [2.45, 2.75) is 5.41 Å². The summed E-state index contributed by atoms with van der Waals surface area (Å²) in [6.45, 7) is 0. The Hall–Kier alpha value is -8.40. The van der Waals surface area contributed by atoms with Crippen molar-refractivity contribution in [3.8, 4) is 33.4 Å². The van der Waals surface area contributed by atoms with E-state index in [2.05, 4.69) is 252 Å². The second kappa shape index (κ2) is 14.3. The molecule has 1 aromatic heterocycles. The summed E-state index contributed by atoms with van der Waals surface area (Å²) in [4.78, 5) is 4.91. The van der Waals surface area contributed by atoms with Crippen molar-refractivity contribution in [2.75, 3.05) is 9.80 Å². The fourth-order valence-electron chi connectivity index (χ4n) is 10.9. The van der Waals surface area contributed by atoms with Crippen molar-refractivity contribution < 1.29 is 4.42 Å². The molecule has 2 heterocycles. The first-order chi connectivity index (χ1) is 31.8. The first-order valence-electron chi connectivity index (χ1n) is 22.0. The molecular weight excluding hydrogens is 777 g/mol. The Morgan fingerprint density at radius 3 is 1.69 bits per heavy atom. The van der Waals surface area contributed by atoms with E-state index < -0.39 is 5.41 Å². The van der Waals surface area contributed by atoms with Gasteiger partial charge in [-0.15, -0.1) is 0 Å². The Bertz CT molecular complexity index is 3540. The summed E-state index contributed by atoms with van der Waals surface area (Å²) in [7, 11) is 0. The third kappa shape index (κ3) is 5.22. The molecule has 300 valence electrons. The van der Waals surface area contributed by atoms with Gasteiger partial charge in [-0.2, -0.15) is 0 Å². The fourth-order valence-corrected chi connectivity index (χ4v) is 10.9. The van der Waals surface area contributed by atoms with Gasteiger partial charge in [0, 0.05) is 27.6 Å². The van der Waals surface area contributed by atoms with Crippen LogP contribution in [0.3, 0.4) is 0 Å². The van der Waals surface area contributed by atoms with Gasteiger partial charge in [0.05, 0.1) is 33.9 Å². The predicted octanol–water partition coefficient (Wildman–Crippen LogP) is 16.5. The van der Waals surface area contributed by atoms with Crippen LogP contribution in [0.2, 0.25) is 0 Å². The zero-order valence-corrected chi connectivity index (χ0v) is 34.9. The minimum Gasteiger partial charge on any atom is -0.454 e. The maximum Gasteiger partial charge on any atom is 0.159 e. The minimum atomic E-state index is -0.610. The van der Waals surface area contributed by atoms with Gasteiger partial charge in [-0.3, -0.25) is 0 Å². The van der Waals surface area contributed by atoms with E-state index in [0.29, 0.717) is 0 Å². The number of hydrogen-bond acceptors (Lipinski definition) is 3. The van der Waals surface area contributed by atoms with Crippen LogP contribution in [0.1, 0.15) is 22.3 Å². The van der Waals surface area contributed by atoms with Gasteiger partial charge < -0.3 is 14.2 Å². The summed E-state index contributed by atoms with van der Waals surface area (Å²) in [5.41, 5.74) is 19.8. The number of nitrogens with zero attached hydrogens (tertiary/aromatic N) is 2. The van der Waals surface area contributed by atoms with Gasteiger partial charge in [0.2, 0.25) is 0 Å². The molecule has 0 amide bonds. The molecule has 13 rings (SSSR count). The van der Waals surface area contributed by atoms with Gasteiger partial charge in [0.1, 0.15) is 5.58 Å². The van der Waals surface area contributed by atoms with Crippen LogP contribution in [0.25, 0.3) is 55.3 Å². The zero-order valence-electron chi connectivity index (χ0n) is 34.9. The van der Waals surface area contributed by atoms with Crippen LogP contribution < -0.4 is 9.80 Å². The molecular formula is C61H40N2O. The number of fused-ring (bicyclic) bond motifs is 12. The SMILES string of the molecule is c1ccc(-c2cccc(-c3ccccc3N(c3cccc4c3-c3ccccc3C43c4ccccc4N(c4ccccc4)c4ccccc43)c3cccc4c3oc3ccccc34)c2)cc1. The lowest BCUT2D eigenvalue weighted by atomic mass is 9.64. The Labute approximate surface area is 372 Å². The highest BCUT2D eigenvalue weighted by Crippen LogP contribution is 2.65. The summed E-state index contributed by atoms with van der Waals surface area (Å²) < 4.78 is 6.93. The Morgan fingerprint density at radius 2 is 0.891 bits per heavy atom. The van der Waals surface area contributed by atoms with Gasteiger partial charge in [0.25, 0.3) is 0 Å². The van der Waals surface area contributed by atoms with Crippen LogP contribution >= 0.6 is 0 Å². The number of hydrogen-bond donors (Lipinski definition) is 0. The molecule has 3 nitrogen and oxygen atoms in total. The molecule has 1 spiro atoms. The zero-order chi connectivity index (χ0) is 42.2. The molecule has 0 saturated carbocycles. The highest BCUT2D eigenvalue weighted by molar-refractivity contribution is 6.12. The normalized spacial score (nSPS) is 13.1. The smallest absolute Gasteiger partial charge is 0.159 e. The van der Waals surface area contributed by atoms with Crippen molar-refractivity contribution in [3.63, 3.8) is 0 Å². The van der Waals surface area contributed by atoms with Gasteiger partial charge in [-0.1, -0.05) is 188 Å². The number of rotatable bonds is 6. The summed E-state index contributed by atoms with van der Waals surface area (Å²) in [6, 6.07) is 88.3. The highest BCUT2D eigenvalue weighted by atomic mass is 16.3. The van der Waals surface area contributed by atoms with Crippen LogP contribution in [0, 0.1) is 0 Å². The fraction of sp³-hybridized carbons (Fsp3) is 0.0164. The van der Waals surface area contributed by atoms with Gasteiger partial charge >= 0.3 is 0 Å².